The molecular formula is C19H20ClFN2O2. The van der Waals surface area contributed by atoms with E-state index in [4.69, 9.17) is 11.6 Å². The zero-order chi connectivity index (χ0) is 18.6. The summed E-state index contributed by atoms with van der Waals surface area (Å²) in [4.78, 5) is 24.9. The zero-order valence-corrected chi connectivity index (χ0v) is 15.1. The van der Waals surface area contributed by atoms with E-state index < -0.39 is 23.0 Å². The summed E-state index contributed by atoms with van der Waals surface area (Å²) >= 11 is 6.04. The lowest BCUT2D eigenvalue weighted by atomic mass is 9.90. The first-order valence-corrected chi connectivity index (χ1v) is 8.19. The average Bonchev–Trinajstić information content (AvgIpc) is 2.57. The highest BCUT2D eigenvalue weighted by atomic mass is 35.5. The summed E-state index contributed by atoms with van der Waals surface area (Å²) in [5.41, 5.74) is 0.297. The maximum absolute atomic E-state index is 13.6. The second-order valence-electron chi connectivity index (χ2n) is 6.27. The van der Waals surface area contributed by atoms with Gasteiger partial charge in [0.2, 0.25) is 11.8 Å². The van der Waals surface area contributed by atoms with Crippen LogP contribution >= 0.6 is 11.6 Å². The smallest absolute Gasteiger partial charge is 0.239 e. The molecule has 0 heterocycles. The van der Waals surface area contributed by atoms with Gasteiger partial charge in [-0.1, -0.05) is 35.9 Å². The fourth-order valence-corrected chi connectivity index (χ4v) is 2.34. The molecular weight excluding hydrogens is 343 g/mol. The van der Waals surface area contributed by atoms with Crippen molar-refractivity contribution in [2.45, 2.75) is 27.3 Å². The molecule has 2 amide bonds. The van der Waals surface area contributed by atoms with Crippen molar-refractivity contribution >= 4 is 29.1 Å². The number of carbonyl (C=O) groups excluding carboxylic acids is 2. The molecule has 6 heteroatoms. The van der Waals surface area contributed by atoms with Crippen molar-refractivity contribution in [1.82, 2.24) is 5.32 Å². The van der Waals surface area contributed by atoms with E-state index in [2.05, 4.69) is 10.6 Å². The Kier molecular flexibility index (Phi) is 5.80. The van der Waals surface area contributed by atoms with E-state index in [1.54, 1.807) is 43.3 Å². The molecule has 25 heavy (non-hydrogen) atoms. The molecule has 0 aliphatic carbocycles. The van der Waals surface area contributed by atoms with E-state index in [1.165, 1.54) is 19.9 Å². The normalized spacial score (nSPS) is 11.1. The van der Waals surface area contributed by atoms with Crippen LogP contribution in [0.15, 0.2) is 42.5 Å². The van der Waals surface area contributed by atoms with Crippen LogP contribution in [0.4, 0.5) is 10.1 Å². The zero-order valence-electron chi connectivity index (χ0n) is 14.3. The number of hydrogen-bond acceptors (Lipinski definition) is 2. The fourth-order valence-electron chi connectivity index (χ4n) is 2.16. The summed E-state index contributed by atoms with van der Waals surface area (Å²) < 4.78 is 13.6. The van der Waals surface area contributed by atoms with Crippen molar-refractivity contribution in [3.63, 3.8) is 0 Å². The number of amides is 2. The Morgan fingerprint density at radius 2 is 1.76 bits per heavy atom. The fraction of sp³-hybridized carbons (Fsp3) is 0.263. The number of halogens is 2. The maximum atomic E-state index is 13.6. The van der Waals surface area contributed by atoms with Crippen LogP contribution in [0, 0.1) is 18.2 Å². The molecule has 0 atom stereocenters. The van der Waals surface area contributed by atoms with Crippen LogP contribution in [0.3, 0.4) is 0 Å². The highest BCUT2D eigenvalue weighted by molar-refractivity contribution is 6.31. The van der Waals surface area contributed by atoms with E-state index in [1.807, 2.05) is 0 Å². The molecule has 0 bridgehead atoms. The topological polar surface area (TPSA) is 58.2 Å². The molecule has 0 spiro atoms. The van der Waals surface area contributed by atoms with Gasteiger partial charge in [-0.05, 0) is 44.5 Å². The van der Waals surface area contributed by atoms with E-state index in [0.717, 1.165) is 5.56 Å². The predicted molar refractivity (Wildman–Crippen MR) is 96.8 cm³/mol. The molecule has 2 aromatic rings. The molecule has 2 N–H and O–H groups in total. The number of hydrogen-bond donors (Lipinski definition) is 2. The molecule has 2 rings (SSSR count). The minimum Gasteiger partial charge on any atom is -0.351 e. The molecule has 4 nitrogen and oxygen atoms in total. The molecule has 132 valence electrons. The van der Waals surface area contributed by atoms with Crippen LogP contribution < -0.4 is 10.6 Å². The summed E-state index contributed by atoms with van der Waals surface area (Å²) in [6, 6.07) is 11.3. The van der Waals surface area contributed by atoms with Crippen LogP contribution in [-0.4, -0.2) is 11.8 Å². The Morgan fingerprint density at radius 1 is 1.08 bits per heavy atom. The average molecular weight is 363 g/mol. The first-order valence-electron chi connectivity index (χ1n) is 7.81. The van der Waals surface area contributed by atoms with E-state index in [9.17, 15) is 14.0 Å². The summed E-state index contributed by atoms with van der Waals surface area (Å²) in [6.07, 6.45) is 0. The second-order valence-corrected chi connectivity index (χ2v) is 6.67. The van der Waals surface area contributed by atoms with Gasteiger partial charge < -0.3 is 10.6 Å². The highest BCUT2D eigenvalue weighted by Crippen LogP contribution is 2.25. The number of benzene rings is 2. The van der Waals surface area contributed by atoms with Crippen molar-refractivity contribution in [3.8, 4) is 0 Å². The first-order chi connectivity index (χ1) is 11.7. The Hall–Kier alpha value is -2.40. The largest absolute Gasteiger partial charge is 0.351 e. The van der Waals surface area contributed by atoms with Gasteiger partial charge in [-0.15, -0.1) is 0 Å². The summed E-state index contributed by atoms with van der Waals surface area (Å²) in [6.45, 7) is 4.82. The van der Waals surface area contributed by atoms with E-state index in [0.29, 0.717) is 16.3 Å². The SMILES string of the molecule is Cc1c(Cl)cccc1NC(=O)C(C)(C)C(=O)NCc1ccccc1F. The number of nitrogens with one attached hydrogen (secondary N) is 2. The molecule has 0 unspecified atom stereocenters. The number of anilines is 1. The summed E-state index contributed by atoms with van der Waals surface area (Å²) in [7, 11) is 0. The molecule has 0 fully saturated rings. The lowest BCUT2D eigenvalue weighted by Gasteiger charge is -2.23. The number of carbonyl (C=O) groups is 2. The Labute approximate surface area is 151 Å². The third kappa shape index (κ3) is 4.37. The molecule has 0 saturated carbocycles. The van der Waals surface area contributed by atoms with Crippen LogP contribution in [0.2, 0.25) is 5.02 Å². The quantitative estimate of drug-likeness (QED) is 0.788. The van der Waals surface area contributed by atoms with E-state index >= 15 is 0 Å². The van der Waals surface area contributed by atoms with E-state index in [-0.39, 0.29) is 6.54 Å². The summed E-state index contributed by atoms with van der Waals surface area (Å²) in [5.74, 6) is -1.36. The monoisotopic (exact) mass is 362 g/mol. The Balaban J connectivity index is 2.06. The minimum atomic E-state index is -1.33. The third-order valence-electron chi connectivity index (χ3n) is 4.05. The minimum absolute atomic E-state index is 0.0123. The molecule has 0 saturated heterocycles. The standard InChI is InChI=1S/C19H20ClFN2O2/c1-12-14(20)8-6-10-16(12)23-18(25)19(2,3)17(24)22-11-13-7-4-5-9-15(13)21/h4-10H,11H2,1-3H3,(H,22,24)(H,23,25). The third-order valence-corrected chi connectivity index (χ3v) is 4.46. The van der Waals surface area contributed by atoms with Crippen LogP contribution in [0.25, 0.3) is 0 Å². The molecule has 0 aromatic heterocycles. The lowest BCUT2D eigenvalue weighted by Crippen LogP contribution is -2.45. The van der Waals surface area contributed by atoms with Crippen molar-refractivity contribution < 1.29 is 14.0 Å². The molecule has 0 aliphatic rings. The van der Waals surface area contributed by atoms with Gasteiger partial charge >= 0.3 is 0 Å². The lowest BCUT2D eigenvalue weighted by molar-refractivity contribution is -0.138. The number of rotatable bonds is 5. The van der Waals surface area contributed by atoms with Gasteiger partial charge in [0.1, 0.15) is 11.2 Å². The van der Waals surface area contributed by atoms with Crippen LogP contribution in [0.5, 0.6) is 0 Å². The Morgan fingerprint density at radius 3 is 2.44 bits per heavy atom. The second kappa shape index (κ2) is 7.66. The van der Waals surface area contributed by atoms with Crippen molar-refractivity contribution in [2.24, 2.45) is 5.41 Å². The molecule has 0 radical (unpaired) electrons. The van der Waals surface area contributed by atoms with Gasteiger partial charge in [0.05, 0.1) is 0 Å². The molecule has 0 aliphatic heterocycles. The van der Waals surface area contributed by atoms with Crippen LogP contribution in [0.1, 0.15) is 25.0 Å². The van der Waals surface area contributed by atoms with Crippen molar-refractivity contribution in [3.05, 3.63) is 64.4 Å². The molecule has 2 aromatic carbocycles. The first kappa shape index (κ1) is 18.9. The van der Waals surface area contributed by atoms with Gasteiger partial charge in [-0.3, -0.25) is 9.59 Å². The van der Waals surface area contributed by atoms with Gasteiger partial charge in [0.25, 0.3) is 0 Å². The van der Waals surface area contributed by atoms with Gasteiger partial charge in [0, 0.05) is 22.8 Å². The van der Waals surface area contributed by atoms with Gasteiger partial charge in [-0.25, -0.2) is 4.39 Å². The van der Waals surface area contributed by atoms with Gasteiger partial charge in [-0.2, -0.15) is 0 Å². The van der Waals surface area contributed by atoms with Crippen molar-refractivity contribution in [1.29, 1.82) is 0 Å². The van der Waals surface area contributed by atoms with Gasteiger partial charge in [0.15, 0.2) is 0 Å². The van der Waals surface area contributed by atoms with Crippen molar-refractivity contribution in [2.75, 3.05) is 5.32 Å². The Bertz CT molecular complexity index is 806. The maximum Gasteiger partial charge on any atom is 0.239 e. The highest BCUT2D eigenvalue weighted by Gasteiger charge is 2.36. The van der Waals surface area contributed by atoms with Crippen LogP contribution in [-0.2, 0) is 16.1 Å². The predicted octanol–water partition coefficient (Wildman–Crippen LogP) is 4.07. The summed E-state index contributed by atoms with van der Waals surface area (Å²) in [5, 5.41) is 5.86.